The molecule has 64 valence electrons. The monoisotopic (exact) mass is 173 g/mol. The third-order valence-electron chi connectivity index (χ3n) is 1.69. The van der Waals surface area contributed by atoms with E-state index in [1.54, 1.807) is 18.7 Å². The van der Waals surface area contributed by atoms with E-state index in [2.05, 4.69) is 12.2 Å². The molecule has 1 aliphatic heterocycles. The number of rotatable bonds is 3. The molecule has 1 aliphatic rings. The van der Waals surface area contributed by atoms with Crippen molar-refractivity contribution < 1.29 is 5.11 Å². The molecule has 1 unspecified atom stereocenters. The summed E-state index contributed by atoms with van der Waals surface area (Å²) in [6, 6.07) is 0. The molecule has 0 saturated heterocycles. The third kappa shape index (κ3) is 2.42. The van der Waals surface area contributed by atoms with Crippen LogP contribution in [0.2, 0.25) is 0 Å². The van der Waals surface area contributed by atoms with Crippen molar-refractivity contribution in [2.45, 2.75) is 38.2 Å². The quantitative estimate of drug-likeness (QED) is 0.681. The highest BCUT2D eigenvalue weighted by molar-refractivity contribution is 8.02. The van der Waals surface area contributed by atoms with Crippen LogP contribution in [-0.4, -0.2) is 16.6 Å². The second-order valence-corrected chi connectivity index (χ2v) is 3.88. The van der Waals surface area contributed by atoms with Crippen LogP contribution < -0.4 is 5.32 Å². The van der Waals surface area contributed by atoms with Gasteiger partial charge < -0.3 is 10.4 Å². The Morgan fingerprint density at radius 2 is 2.55 bits per heavy atom. The average Bonchev–Trinajstić information content (AvgIpc) is 2.37. The summed E-state index contributed by atoms with van der Waals surface area (Å²) in [6.45, 7) is 3.95. The summed E-state index contributed by atoms with van der Waals surface area (Å²) < 4.78 is 0. The van der Waals surface area contributed by atoms with Gasteiger partial charge in [-0.05, 0) is 18.8 Å². The molecule has 0 aromatic carbocycles. The number of aliphatic hydroxyl groups excluding tert-OH is 1. The summed E-state index contributed by atoms with van der Waals surface area (Å²) in [5.74, 6) is 0. The Bertz CT molecular complexity index is 156. The van der Waals surface area contributed by atoms with Crippen LogP contribution in [0.1, 0.15) is 26.7 Å². The van der Waals surface area contributed by atoms with Crippen molar-refractivity contribution in [3.63, 3.8) is 0 Å². The van der Waals surface area contributed by atoms with E-state index in [9.17, 15) is 5.11 Å². The van der Waals surface area contributed by atoms with Crippen molar-refractivity contribution in [2.75, 3.05) is 0 Å². The van der Waals surface area contributed by atoms with E-state index in [0.29, 0.717) is 5.37 Å². The Balaban J connectivity index is 2.31. The molecule has 0 saturated carbocycles. The maximum absolute atomic E-state index is 9.19. The van der Waals surface area contributed by atoms with E-state index >= 15 is 0 Å². The van der Waals surface area contributed by atoms with Gasteiger partial charge in [0.05, 0.1) is 11.5 Å². The lowest BCUT2D eigenvalue weighted by molar-refractivity contribution is 0.222. The van der Waals surface area contributed by atoms with Gasteiger partial charge in [-0.1, -0.05) is 13.3 Å². The van der Waals surface area contributed by atoms with Crippen LogP contribution in [-0.2, 0) is 0 Å². The molecular weight excluding hydrogens is 158 g/mol. The Hall–Kier alpha value is -0.150. The first-order valence-electron chi connectivity index (χ1n) is 4.04. The van der Waals surface area contributed by atoms with Gasteiger partial charge in [0.25, 0.3) is 0 Å². The predicted molar refractivity (Wildman–Crippen MR) is 49.2 cm³/mol. The van der Waals surface area contributed by atoms with Crippen LogP contribution in [0.15, 0.2) is 11.1 Å². The fraction of sp³-hybridized carbons (Fsp3) is 0.750. The van der Waals surface area contributed by atoms with E-state index in [-0.39, 0.29) is 6.10 Å². The summed E-state index contributed by atoms with van der Waals surface area (Å²) in [5.41, 5.74) is 0.966. The molecule has 0 aromatic rings. The molecule has 1 rings (SSSR count). The maximum Gasteiger partial charge on any atom is 0.0911 e. The Labute approximate surface area is 72.1 Å². The lowest BCUT2D eigenvalue weighted by Crippen LogP contribution is -2.25. The smallest absolute Gasteiger partial charge is 0.0911 e. The SMILES string of the molecule is CCCC1NC([C@@H](C)O)=CS1. The molecule has 0 aromatic heterocycles. The molecule has 1 heterocycles. The number of hydrogen-bond donors (Lipinski definition) is 2. The lowest BCUT2D eigenvalue weighted by atomic mass is 10.3. The van der Waals surface area contributed by atoms with Crippen LogP contribution in [0.3, 0.4) is 0 Å². The van der Waals surface area contributed by atoms with Crippen molar-refractivity contribution in [3.05, 3.63) is 11.1 Å². The molecule has 0 spiro atoms. The van der Waals surface area contributed by atoms with E-state index in [1.165, 1.54) is 6.42 Å². The van der Waals surface area contributed by atoms with Gasteiger partial charge in [-0.2, -0.15) is 0 Å². The standard InChI is InChI=1S/C8H15NOS/c1-3-4-8-9-7(5-11-8)6(2)10/h5-6,8-10H,3-4H2,1-2H3/t6-,8?/m1/s1. The topological polar surface area (TPSA) is 32.3 Å². The first-order valence-corrected chi connectivity index (χ1v) is 4.98. The van der Waals surface area contributed by atoms with Gasteiger partial charge in [0, 0.05) is 5.70 Å². The Morgan fingerprint density at radius 1 is 1.82 bits per heavy atom. The van der Waals surface area contributed by atoms with E-state index in [1.807, 2.05) is 5.41 Å². The largest absolute Gasteiger partial charge is 0.387 e. The normalized spacial score (nSPS) is 26.1. The van der Waals surface area contributed by atoms with Crippen LogP contribution in [0, 0.1) is 0 Å². The molecule has 3 heteroatoms. The van der Waals surface area contributed by atoms with Crippen LogP contribution in [0.5, 0.6) is 0 Å². The van der Waals surface area contributed by atoms with Gasteiger partial charge in [0.15, 0.2) is 0 Å². The zero-order chi connectivity index (χ0) is 8.27. The fourth-order valence-corrected chi connectivity index (χ4v) is 2.18. The lowest BCUT2D eigenvalue weighted by Gasteiger charge is -2.12. The minimum absolute atomic E-state index is 0.343. The molecule has 0 aliphatic carbocycles. The second-order valence-electron chi connectivity index (χ2n) is 2.81. The second kappa shape index (κ2) is 4.02. The summed E-state index contributed by atoms with van der Waals surface area (Å²) in [5, 5.41) is 15.0. The first-order chi connectivity index (χ1) is 5.24. The van der Waals surface area contributed by atoms with Crippen molar-refractivity contribution in [3.8, 4) is 0 Å². The molecule has 0 radical (unpaired) electrons. The van der Waals surface area contributed by atoms with Gasteiger partial charge in [-0.3, -0.25) is 0 Å². The van der Waals surface area contributed by atoms with E-state index < -0.39 is 0 Å². The van der Waals surface area contributed by atoms with Crippen molar-refractivity contribution in [1.29, 1.82) is 0 Å². The van der Waals surface area contributed by atoms with Crippen LogP contribution in [0.25, 0.3) is 0 Å². The van der Waals surface area contributed by atoms with Crippen LogP contribution >= 0.6 is 11.8 Å². The van der Waals surface area contributed by atoms with Gasteiger partial charge in [-0.25, -0.2) is 0 Å². The van der Waals surface area contributed by atoms with Crippen molar-refractivity contribution in [2.24, 2.45) is 0 Å². The maximum atomic E-state index is 9.19. The average molecular weight is 173 g/mol. The molecule has 11 heavy (non-hydrogen) atoms. The summed E-state index contributed by atoms with van der Waals surface area (Å²) in [7, 11) is 0. The molecule has 0 amide bonds. The summed E-state index contributed by atoms with van der Waals surface area (Å²) >= 11 is 1.77. The highest BCUT2D eigenvalue weighted by Crippen LogP contribution is 2.25. The first kappa shape index (κ1) is 8.94. The zero-order valence-corrected chi connectivity index (χ0v) is 7.82. The Kier molecular flexibility index (Phi) is 3.27. The minimum atomic E-state index is -0.343. The molecule has 2 nitrogen and oxygen atoms in total. The van der Waals surface area contributed by atoms with E-state index in [0.717, 1.165) is 12.1 Å². The molecule has 0 fully saturated rings. The van der Waals surface area contributed by atoms with Gasteiger partial charge in [-0.15, -0.1) is 11.8 Å². The molecule has 2 N–H and O–H groups in total. The minimum Gasteiger partial charge on any atom is -0.387 e. The molecule has 2 atom stereocenters. The molecular formula is C8H15NOS. The highest BCUT2D eigenvalue weighted by atomic mass is 32.2. The number of aliphatic hydroxyl groups is 1. The summed E-state index contributed by atoms with van der Waals surface area (Å²) in [4.78, 5) is 0. The number of hydrogen-bond acceptors (Lipinski definition) is 3. The van der Waals surface area contributed by atoms with Gasteiger partial charge in [0.2, 0.25) is 0 Å². The number of nitrogens with one attached hydrogen (secondary N) is 1. The fourth-order valence-electron chi connectivity index (χ4n) is 1.03. The summed E-state index contributed by atoms with van der Waals surface area (Å²) in [6.07, 6.45) is 2.01. The van der Waals surface area contributed by atoms with Gasteiger partial charge >= 0.3 is 0 Å². The zero-order valence-electron chi connectivity index (χ0n) is 7.00. The molecule has 0 bridgehead atoms. The van der Waals surface area contributed by atoms with Crippen molar-refractivity contribution >= 4 is 11.8 Å². The van der Waals surface area contributed by atoms with Gasteiger partial charge in [0.1, 0.15) is 0 Å². The third-order valence-corrected chi connectivity index (χ3v) is 2.76. The van der Waals surface area contributed by atoms with E-state index in [4.69, 9.17) is 0 Å². The van der Waals surface area contributed by atoms with Crippen molar-refractivity contribution in [1.82, 2.24) is 5.32 Å². The Morgan fingerprint density at radius 3 is 3.00 bits per heavy atom. The predicted octanol–water partition coefficient (Wildman–Crippen LogP) is 1.67. The van der Waals surface area contributed by atoms with Crippen LogP contribution in [0.4, 0.5) is 0 Å². The highest BCUT2D eigenvalue weighted by Gasteiger charge is 2.17. The number of thioether (sulfide) groups is 1.